The van der Waals surface area contributed by atoms with Crippen LogP contribution in [0.1, 0.15) is 49.9 Å². The van der Waals surface area contributed by atoms with Crippen LogP contribution in [-0.4, -0.2) is 34.5 Å². The summed E-state index contributed by atoms with van der Waals surface area (Å²) in [5.74, 6) is 0.367. The molecule has 3 rings (SSSR count). The second-order valence-electron chi connectivity index (χ2n) is 9.39. The van der Waals surface area contributed by atoms with Crippen molar-refractivity contribution < 1.29 is 14.3 Å². The van der Waals surface area contributed by atoms with Crippen LogP contribution in [-0.2, 0) is 28.9 Å². The highest BCUT2D eigenvalue weighted by atomic mass is 16.6. The van der Waals surface area contributed by atoms with Crippen LogP contribution in [0.2, 0.25) is 0 Å². The molecule has 2 aromatic carbocycles. The van der Waals surface area contributed by atoms with E-state index >= 15 is 0 Å². The van der Waals surface area contributed by atoms with Crippen LogP contribution in [0.25, 0.3) is 10.9 Å². The number of nitriles is 1. The van der Waals surface area contributed by atoms with Crippen molar-refractivity contribution in [3.8, 4) is 6.07 Å². The maximum atomic E-state index is 12.3. The van der Waals surface area contributed by atoms with Crippen molar-refractivity contribution in [1.82, 2.24) is 9.88 Å². The fourth-order valence-electron chi connectivity index (χ4n) is 3.60. The van der Waals surface area contributed by atoms with Crippen molar-refractivity contribution in [3.05, 3.63) is 70.8 Å². The van der Waals surface area contributed by atoms with Gasteiger partial charge in [0.2, 0.25) is 5.91 Å². The molecule has 0 atom stereocenters. The number of rotatable bonds is 6. The molecule has 0 spiro atoms. The Hall–Kier alpha value is -3.92. The Morgan fingerprint density at radius 2 is 1.71 bits per heavy atom. The molecule has 0 radical (unpaired) electrons. The third-order valence-corrected chi connectivity index (χ3v) is 5.07. The maximum absolute atomic E-state index is 12.3. The SMILES string of the molecule is CC(=O)Nc1ccc2ccc(CCc3cc(C#N)cc(CN(C)C(=O)OC(C)(C)C)c3)cc2n1. The minimum Gasteiger partial charge on any atom is -0.444 e. The topological polar surface area (TPSA) is 95.3 Å². The standard InChI is InChI=1S/C27H30N4O3/c1-18(32)29-25-11-10-23-9-8-19(15-24(23)30-25)6-7-20-12-21(16-28)14-22(13-20)17-31(5)26(33)34-27(2,3)4/h8-15H,6-7,17H2,1-5H3,(H,29,30,32). The van der Waals surface area contributed by atoms with Gasteiger partial charge >= 0.3 is 6.09 Å². The van der Waals surface area contributed by atoms with Crippen molar-refractivity contribution in [1.29, 1.82) is 5.26 Å². The summed E-state index contributed by atoms with van der Waals surface area (Å²) in [5.41, 5.74) is 3.81. The Morgan fingerprint density at radius 1 is 1.03 bits per heavy atom. The van der Waals surface area contributed by atoms with E-state index in [2.05, 4.69) is 22.4 Å². The fraction of sp³-hybridized carbons (Fsp3) is 0.333. The van der Waals surface area contributed by atoms with Gasteiger partial charge in [0, 0.05) is 25.9 Å². The van der Waals surface area contributed by atoms with Gasteiger partial charge in [-0.1, -0.05) is 18.2 Å². The predicted octanol–water partition coefficient (Wildman–Crippen LogP) is 5.22. The number of anilines is 1. The van der Waals surface area contributed by atoms with Crippen LogP contribution in [0.15, 0.2) is 48.5 Å². The molecule has 0 saturated carbocycles. The van der Waals surface area contributed by atoms with Gasteiger partial charge in [-0.15, -0.1) is 0 Å². The number of pyridine rings is 1. The summed E-state index contributed by atoms with van der Waals surface area (Å²) < 4.78 is 5.42. The predicted molar refractivity (Wildman–Crippen MR) is 132 cm³/mol. The van der Waals surface area contributed by atoms with Crippen molar-refractivity contribution in [3.63, 3.8) is 0 Å². The molecule has 176 valence electrons. The number of amides is 2. The largest absolute Gasteiger partial charge is 0.444 e. The number of hydrogen-bond donors (Lipinski definition) is 1. The number of aromatic nitrogens is 1. The van der Waals surface area contributed by atoms with Crippen LogP contribution in [0, 0.1) is 11.3 Å². The molecular formula is C27H30N4O3. The van der Waals surface area contributed by atoms with E-state index in [0.717, 1.165) is 40.4 Å². The van der Waals surface area contributed by atoms with E-state index in [4.69, 9.17) is 4.74 Å². The molecule has 0 aliphatic carbocycles. The van der Waals surface area contributed by atoms with Crippen LogP contribution >= 0.6 is 0 Å². The third-order valence-electron chi connectivity index (χ3n) is 5.07. The first-order valence-corrected chi connectivity index (χ1v) is 11.2. The minimum absolute atomic E-state index is 0.159. The molecule has 0 aliphatic rings. The van der Waals surface area contributed by atoms with E-state index in [-0.39, 0.29) is 5.91 Å². The molecule has 7 nitrogen and oxygen atoms in total. The van der Waals surface area contributed by atoms with Gasteiger partial charge in [0.25, 0.3) is 0 Å². The number of ether oxygens (including phenoxy) is 1. The number of carbonyl (C=O) groups is 2. The quantitative estimate of drug-likeness (QED) is 0.547. The monoisotopic (exact) mass is 458 g/mol. The van der Waals surface area contributed by atoms with Crippen LogP contribution < -0.4 is 5.32 Å². The van der Waals surface area contributed by atoms with Gasteiger partial charge in [-0.05, 0) is 80.6 Å². The zero-order valence-corrected chi connectivity index (χ0v) is 20.3. The van der Waals surface area contributed by atoms with Crippen LogP contribution in [0.5, 0.6) is 0 Å². The highest BCUT2D eigenvalue weighted by Gasteiger charge is 2.20. The van der Waals surface area contributed by atoms with Gasteiger partial charge in [0.1, 0.15) is 11.4 Å². The molecular weight excluding hydrogens is 428 g/mol. The van der Waals surface area contributed by atoms with E-state index in [1.807, 2.05) is 51.1 Å². The van der Waals surface area contributed by atoms with Crippen molar-refractivity contribution >= 4 is 28.7 Å². The number of fused-ring (bicyclic) bond motifs is 1. The molecule has 0 saturated heterocycles. The molecule has 34 heavy (non-hydrogen) atoms. The lowest BCUT2D eigenvalue weighted by Gasteiger charge is -2.24. The molecule has 0 fully saturated rings. The minimum atomic E-state index is -0.567. The summed E-state index contributed by atoms with van der Waals surface area (Å²) in [5, 5.41) is 13.2. The highest BCUT2D eigenvalue weighted by Crippen LogP contribution is 2.20. The Bertz CT molecular complexity index is 1250. The molecule has 1 N–H and O–H groups in total. The van der Waals surface area contributed by atoms with Crippen LogP contribution in [0.3, 0.4) is 0 Å². The lowest BCUT2D eigenvalue weighted by atomic mass is 9.99. The Balaban J connectivity index is 1.74. The van der Waals surface area contributed by atoms with Crippen molar-refractivity contribution in [2.75, 3.05) is 12.4 Å². The average molecular weight is 459 g/mol. The van der Waals surface area contributed by atoms with Crippen LogP contribution in [0.4, 0.5) is 10.6 Å². The lowest BCUT2D eigenvalue weighted by Crippen LogP contribution is -2.33. The summed E-state index contributed by atoms with van der Waals surface area (Å²) in [4.78, 5) is 29.7. The van der Waals surface area contributed by atoms with E-state index in [1.165, 1.54) is 11.8 Å². The van der Waals surface area contributed by atoms with E-state index in [0.29, 0.717) is 17.9 Å². The number of nitrogens with one attached hydrogen (secondary N) is 1. The van der Waals surface area contributed by atoms with Gasteiger partial charge in [-0.3, -0.25) is 4.79 Å². The number of hydrogen-bond acceptors (Lipinski definition) is 5. The maximum Gasteiger partial charge on any atom is 0.410 e. The fourth-order valence-corrected chi connectivity index (χ4v) is 3.60. The molecule has 7 heteroatoms. The summed E-state index contributed by atoms with van der Waals surface area (Å²) in [6.45, 7) is 7.29. The molecule has 0 bridgehead atoms. The van der Waals surface area contributed by atoms with Gasteiger partial charge in [0.15, 0.2) is 0 Å². The third kappa shape index (κ3) is 7.04. The van der Waals surface area contributed by atoms with Gasteiger partial charge in [-0.25, -0.2) is 9.78 Å². The van der Waals surface area contributed by atoms with Gasteiger partial charge in [-0.2, -0.15) is 5.26 Å². The second kappa shape index (κ2) is 10.3. The molecule has 1 heterocycles. The number of nitrogens with zero attached hydrogens (tertiary/aromatic N) is 3. The second-order valence-corrected chi connectivity index (χ2v) is 9.39. The number of aryl methyl sites for hydroxylation is 2. The smallest absolute Gasteiger partial charge is 0.410 e. The van der Waals surface area contributed by atoms with Crippen molar-refractivity contribution in [2.45, 2.75) is 52.7 Å². The zero-order valence-electron chi connectivity index (χ0n) is 20.3. The van der Waals surface area contributed by atoms with Crippen molar-refractivity contribution in [2.24, 2.45) is 0 Å². The first-order chi connectivity index (χ1) is 16.0. The van der Waals surface area contributed by atoms with E-state index < -0.39 is 11.7 Å². The number of carbonyl (C=O) groups excluding carboxylic acids is 2. The van der Waals surface area contributed by atoms with E-state index in [9.17, 15) is 14.9 Å². The summed E-state index contributed by atoms with van der Waals surface area (Å²) in [6, 6.07) is 17.7. The summed E-state index contributed by atoms with van der Waals surface area (Å²) >= 11 is 0. The Labute approximate surface area is 200 Å². The highest BCUT2D eigenvalue weighted by molar-refractivity contribution is 5.89. The normalized spacial score (nSPS) is 11.1. The summed E-state index contributed by atoms with van der Waals surface area (Å²) in [7, 11) is 1.68. The molecule has 3 aromatic rings. The number of benzene rings is 2. The molecule has 1 aromatic heterocycles. The average Bonchev–Trinajstić information content (AvgIpc) is 2.75. The zero-order chi connectivity index (χ0) is 24.9. The summed E-state index contributed by atoms with van der Waals surface area (Å²) in [6.07, 6.45) is 1.09. The molecule has 0 aliphatic heterocycles. The molecule has 0 unspecified atom stereocenters. The molecule has 2 amide bonds. The Kier molecular flexibility index (Phi) is 7.52. The van der Waals surface area contributed by atoms with E-state index in [1.54, 1.807) is 19.2 Å². The van der Waals surface area contributed by atoms with Gasteiger partial charge in [0.05, 0.1) is 17.1 Å². The first-order valence-electron chi connectivity index (χ1n) is 11.2. The van der Waals surface area contributed by atoms with Gasteiger partial charge < -0.3 is 15.0 Å². The lowest BCUT2D eigenvalue weighted by molar-refractivity contribution is -0.114. The first kappa shape index (κ1) is 24.7. The Morgan fingerprint density at radius 3 is 2.38 bits per heavy atom.